The Morgan fingerprint density at radius 2 is 2.03 bits per heavy atom. The van der Waals surface area contributed by atoms with E-state index in [2.05, 4.69) is 4.74 Å². The molecule has 0 saturated carbocycles. The summed E-state index contributed by atoms with van der Waals surface area (Å²) in [7, 11) is 1.88. The Hall–Kier alpha value is -2.94. The first-order chi connectivity index (χ1) is 14.7. The molecule has 1 aliphatic heterocycles. The molecule has 168 valence electrons. The third-order valence-electron chi connectivity index (χ3n) is 5.28. The van der Waals surface area contributed by atoms with Gasteiger partial charge in [-0.25, -0.2) is 0 Å². The largest absolute Gasteiger partial charge is 0.573 e. The first kappa shape index (κ1) is 22.7. The molecule has 1 saturated heterocycles. The lowest BCUT2D eigenvalue weighted by atomic mass is 10.2. The van der Waals surface area contributed by atoms with E-state index in [4.69, 9.17) is 9.84 Å². The minimum Gasteiger partial charge on any atom is -0.484 e. The van der Waals surface area contributed by atoms with Gasteiger partial charge in [-0.3, -0.25) is 4.79 Å². The normalized spacial score (nSPS) is 18.9. The molecule has 1 atom stereocenters. The van der Waals surface area contributed by atoms with Crippen LogP contribution in [0.2, 0.25) is 0 Å². The van der Waals surface area contributed by atoms with Gasteiger partial charge in [0.2, 0.25) is 0 Å². The molecule has 0 radical (unpaired) electrons. The number of nitrogens with zero attached hydrogens (tertiary/aromatic N) is 2. The van der Waals surface area contributed by atoms with Gasteiger partial charge in [-0.15, -0.1) is 13.2 Å². The molecule has 3 rings (SSSR count). The van der Waals surface area contributed by atoms with E-state index in [9.17, 15) is 18.0 Å². The van der Waals surface area contributed by atoms with Crippen molar-refractivity contribution in [3.05, 3.63) is 65.6 Å². The Kier molecular flexibility index (Phi) is 7.27. The third-order valence-corrected chi connectivity index (χ3v) is 5.28. The fourth-order valence-electron chi connectivity index (χ4n) is 3.51. The van der Waals surface area contributed by atoms with E-state index in [0.29, 0.717) is 25.3 Å². The van der Waals surface area contributed by atoms with Crippen molar-refractivity contribution in [2.24, 2.45) is 0 Å². The smallest absolute Gasteiger partial charge is 0.484 e. The van der Waals surface area contributed by atoms with Gasteiger partial charge in [0.25, 0.3) is 5.91 Å². The number of aliphatic hydroxyl groups is 1. The molecule has 9 heteroatoms. The highest BCUT2D eigenvalue weighted by molar-refractivity contribution is 5.78. The molecule has 1 fully saturated rings. The van der Waals surface area contributed by atoms with Crippen LogP contribution in [0.4, 0.5) is 13.2 Å². The van der Waals surface area contributed by atoms with Gasteiger partial charge in [0.15, 0.2) is 6.61 Å². The number of benzene rings is 1. The highest BCUT2D eigenvalue weighted by Crippen LogP contribution is 2.26. The van der Waals surface area contributed by atoms with E-state index in [1.165, 1.54) is 18.2 Å². The molecular weight excluding hydrogens is 413 g/mol. The van der Waals surface area contributed by atoms with E-state index in [-0.39, 0.29) is 30.9 Å². The summed E-state index contributed by atoms with van der Waals surface area (Å²) in [5, 5.41) is 9.06. The topological polar surface area (TPSA) is 62.2 Å². The van der Waals surface area contributed by atoms with E-state index in [0.717, 1.165) is 17.7 Å². The lowest BCUT2D eigenvalue weighted by molar-refractivity contribution is -0.303. The van der Waals surface area contributed by atoms with Crippen LogP contribution in [0, 0.1) is 0 Å². The zero-order valence-electron chi connectivity index (χ0n) is 17.1. The molecule has 6 nitrogen and oxygen atoms in total. The highest BCUT2D eigenvalue weighted by Gasteiger charge is 2.32. The van der Waals surface area contributed by atoms with Crippen molar-refractivity contribution in [3.63, 3.8) is 0 Å². The van der Waals surface area contributed by atoms with Crippen molar-refractivity contribution in [2.75, 3.05) is 26.7 Å². The highest BCUT2D eigenvalue weighted by atomic mass is 19.4. The molecule has 1 amide bonds. The van der Waals surface area contributed by atoms with Gasteiger partial charge >= 0.3 is 6.36 Å². The number of alkyl halides is 3. The van der Waals surface area contributed by atoms with E-state index in [1.54, 1.807) is 35.2 Å². The summed E-state index contributed by atoms with van der Waals surface area (Å²) in [6, 6.07) is 6.93. The summed E-state index contributed by atoms with van der Waals surface area (Å²) in [6.45, 7) is 0.961. The molecule has 0 aromatic heterocycles. The van der Waals surface area contributed by atoms with Crippen LogP contribution in [0.15, 0.2) is 60.0 Å². The van der Waals surface area contributed by atoms with Gasteiger partial charge < -0.3 is 24.4 Å². The number of aliphatic hydroxyl groups excluding tert-OH is 1. The average molecular weight is 438 g/mol. The second kappa shape index (κ2) is 9.91. The third kappa shape index (κ3) is 6.52. The number of halogens is 3. The Bertz CT molecular complexity index is 863. The van der Waals surface area contributed by atoms with Crippen LogP contribution >= 0.6 is 0 Å². The van der Waals surface area contributed by atoms with E-state index < -0.39 is 6.36 Å². The predicted octanol–water partition coefficient (Wildman–Crippen LogP) is 3.35. The summed E-state index contributed by atoms with van der Waals surface area (Å²) in [4.78, 5) is 16.2. The molecule has 1 aromatic rings. The minimum atomic E-state index is -4.72. The monoisotopic (exact) mass is 438 g/mol. The predicted molar refractivity (Wildman–Crippen MR) is 108 cm³/mol. The van der Waals surface area contributed by atoms with Gasteiger partial charge in [0.1, 0.15) is 11.5 Å². The quantitative estimate of drug-likeness (QED) is 0.708. The van der Waals surface area contributed by atoms with Crippen molar-refractivity contribution >= 4 is 5.91 Å². The summed E-state index contributed by atoms with van der Waals surface area (Å²) in [5.41, 5.74) is 1.61. The van der Waals surface area contributed by atoms with Gasteiger partial charge in [-0.1, -0.05) is 18.2 Å². The van der Waals surface area contributed by atoms with Gasteiger partial charge in [0.05, 0.1) is 6.61 Å². The second-order valence-corrected chi connectivity index (χ2v) is 7.36. The van der Waals surface area contributed by atoms with Crippen molar-refractivity contribution in [1.29, 1.82) is 0 Å². The number of allylic oxidation sites excluding steroid dienone is 4. The number of likely N-dealkylation sites (N-methyl/N-ethyl adjacent to an activating group) is 1. The number of carbonyl (C=O) groups is 1. The van der Waals surface area contributed by atoms with Crippen molar-refractivity contribution in [3.8, 4) is 5.75 Å². The van der Waals surface area contributed by atoms with Crippen molar-refractivity contribution in [2.45, 2.75) is 31.9 Å². The zero-order chi connectivity index (χ0) is 22.4. The molecule has 2 aliphatic rings. The Morgan fingerprint density at radius 3 is 2.71 bits per heavy atom. The molecule has 0 spiro atoms. The molecular formula is C22H25F3N2O4. The fraction of sp³-hybridized carbons (Fsp3) is 0.409. The molecule has 31 heavy (non-hydrogen) atoms. The van der Waals surface area contributed by atoms with Crippen LogP contribution in [0.3, 0.4) is 0 Å². The maximum atomic E-state index is 12.5. The SMILES string of the molecule is CN(C1=CC=CC(OC(F)(F)F)=CC1)C1CCN(C(=O)COc2ccc(CO)cc2)C1. The van der Waals surface area contributed by atoms with Gasteiger partial charge in [0, 0.05) is 38.3 Å². The summed E-state index contributed by atoms with van der Waals surface area (Å²) in [6.07, 6.45) is 2.30. The van der Waals surface area contributed by atoms with Crippen LogP contribution in [0.5, 0.6) is 5.75 Å². The van der Waals surface area contributed by atoms with Crippen molar-refractivity contribution in [1.82, 2.24) is 9.80 Å². The lowest BCUT2D eigenvalue weighted by Crippen LogP contribution is -2.37. The standard InChI is InChI=1S/C22H25F3N2O4/c1-26(17-3-2-4-20(10-7-17)31-22(23,24)25)18-11-12-27(13-18)21(29)15-30-19-8-5-16(14-28)6-9-19/h2-6,8-10,18,28H,7,11-15H2,1H3. The number of hydrogen-bond acceptors (Lipinski definition) is 5. The van der Waals surface area contributed by atoms with Gasteiger partial charge in [-0.2, -0.15) is 0 Å². The summed E-state index contributed by atoms with van der Waals surface area (Å²) >= 11 is 0. The molecule has 1 aliphatic carbocycles. The van der Waals surface area contributed by atoms with Gasteiger partial charge in [-0.05, 0) is 42.3 Å². The number of ether oxygens (including phenoxy) is 2. The van der Waals surface area contributed by atoms with Crippen LogP contribution in [0.25, 0.3) is 0 Å². The Morgan fingerprint density at radius 1 is 1.29 bits per heavy atom. The van der Waals surface area contributed by atoms with Crippen molar-refractivity contribution < 1.29 is 32.5 Å². The molecule has 1 unspecified atom stereocenters. The van der Waals surface area contributed by atoms with Crippen LogP contribution in [0.1, 0.15) is 18.4 Å². The Labute approximate surface area is 178 Å². The Balaban J connectivity index is 1.50. The number of carbonyl (C=O) groups excluding carboxylic acids is 1. The zero-order valence-corrected chi connectivity index (χ0v) is 17.1. The first-order valence-corrected chi connectivity index (χ1v) is 9.91. The lowest BCUT2D eigenvalue weighted by Gasteiger charge is -2.28. The molecule has 1 heterocycles. The van der Waals surface area contributed by atoms with Crippen LogP contribution < -0.4 is 4.74 Å². The molecule has 1 N–H and O–H groups in total. The molecule has 1 aromatic carbocycles. The van der Waals surface area contributed by atoms with E-state index in [1.807, 2.05) is 11.9 Å². The maximum absolute atomic E-state index is 12.5. The van der Waals surface area contributed by atoms with Crippen LogP contribution in [-0.2, 0) is 16.1 Å². The van der Waals surface area contributed by atoms with E-state index >= 15 is 0 Å². The maximum Gasteiger partial charge on any atom is 0.573 e. The number of likely N-dealkylation sites (tertiary alicyclic amines) is 1. The number of amides is 1. The molecule has 0 bridgehead atoms. The minimum absolute atomic E-state index is 0.0550. The summed E-state index contributed by atoms with van der Waals surface area (Å²) < 4.78 is 46.8. The second-order valence-electron chi connectivity index (χ2n) is 7.36. The average Bonchev–Trinajstić information content (AvgIpc) is 3.12. The number of rotatable bonds is 7. The first-order valence-electron chi connectivity index (χ1n) is 9.91. The van der Waals surface area contributed by atoms with Crippen LogP contribution in [-0.4, -0.2) is 60.0 Å². The fourth-order valence-corrected chi connectivity index (χ4v) is 3.51. The number of hydrogen-bond donors (Lipinski definition) is 1. The summed E-state index contributed by atoms with van der Waals surface area (Å²) in [5.74, 6) is 0.190.